The fourth-order valence-corrected chi connectivity index (χ4v) is 8.53. The molecule has 0 saturated heterocycles. The van der Waals surface area contributed by atoms with E-state index >= 15 is 0 Å². The summed E-state index contributed by atoms with van der Waals surface area (Å²) in [6.07, 6.45) is 8.87. The highest BCUT2D eigenvalue weighted by molar-refractivity contribution is 6.05. The number of Topliss-reactive ketones (excluding diaryl/α,β-unsaturated/α-hetero) is 4. The molecule has 0 N–H and O–H groups in total. The fraction of sp³-hybridized carbons (Fsp3) is 0.417. The van der Waals surface area contributed by atoms with Crippen LogP contribution in [0.1, 0.15) is 167 Å². The number of ether oxygens (including phenoxy) is 2. The van der Waals surface area contributed by atoms with Gasteiger partial charge < -0.3 is 9.47 Å². The molecule has 6 heteroatoms. The minimum atomic E-state index is -0.0669. The molecule has 0 unspecified atom stereocenters. The third-order valence-corrected chi connectivity index (χ3v) is 12.1. The lowest BCUT2D eigenvalue weighted by atomic mass is 9.80. The summed E-state index contributed by atoms with van der Waals surface area (Å²) < 4.78 is 12.3. The molecule has 0 radical (unpaired) electrons. The van der Waals surface area contributed by atoms with Gasteiger partial charge in [-0.25, -0.2) is 0 Å². The van der Waals surface area contributed by atoms with Gasteiger partial charge in [-0.1, -0.05) is 113 Å². The van der Waals surface area contributed by atoms with Crippen LogP contribution < -0.4 is 9.47 Å². The maximum absolute atomic E-state index is 12.9. The SMILES string of the molecule is CCC(=O)c1cc(C(=O)CC2CCC2)cc2c1O[C@H](C)[C@@H]2c1ccccc1.CCC(=O)c1cc(C(=O)CC2CCC2)cc2c1O[C@H](C)[C@H]2c1ccccc1. The van der Waals surface area contributed by atoms with E-state index in [4.69, 9.17) is 9.47 Å². The standard InChI is InChI=1S/2C24H26O3/c2*1-3-21(25)19-13-18(22(26)12-16-8-7-9-16)14-20-23(15(2)27-24(19)20)17-10-5-4-6-11-17/h2*4-6,10-11,13-16,23H,3,7-9,12H2,1-2H3/t15-,23+;15-,23-/m11/s1. The average molecular weight is 725 g/mol. The quantitative estimate of drug-likeness (QED) is 0.135. The smallest absolute Gasteiger partial charge is 0.166 e. The van der Waals surface area contributed by atoms with Crippen LogP contribution in [0.4, 0.5) is 0 Å². The van der Waals surface area contributed by atoms with Gasteiger partial charge in [0.25, 0.3) is 0 Å². The van der Waals surface area contributed by atoms with Crippen molar-refractivity contribution in [3.8, 4) is 11.5 Å². The van der Waals surface area contributed by atoms with Crippen LogP contribution in [0.5, 0.6) is 11.5 Å². The molecule has 8 rings (SSSR count). The average Bonchev–Trinajstić information content (AvgIpc) is 3.68. The van der Waals surface area contributed by atoms with Gasteiger partial charge >= 0.3 is 0 Å². The first kappa shape index (κ1) is 37.5. The monoisotopic (exact) mass is 724 g/mol. The van der Waals surface area contributed by atoms with Crippen molar-refractivity contribution in [3.63, 3.8) is 0 Å². The lowest BCUT2D eigenvalue weighted by Gasteiger charge is -2.24. The van der Waals surface area contributed by atoms with Crippen LogP contribution in [0.3, 0.4) is 0 Å². The lowest BCUT2D eigenvalue weighted by molar-refractivity contribution is 0.0927. The Morgan fingerprint density at radius 2 is 0.907 bits per heavy atom. The Balaban J connectivity index is 0.000000167. The van der Waals surface area contributed by atoms with E-state index in [1.54, 1.807) is 12.1 Å². The summed E-state index contributed by atoms with van der Waals surface area (Å²) in [5.41, 5.74) is 6.72. The van der Waals surface area contributed by atoms with Gasteiger partial charge in [-0.2, -0.15) is 0 Å². The van der Waals surface area contributed by atoms with Gasteiger partial charge in [0, 0.05) is 59.8 Å². The number of carbonyl (C=O) groups excluding carboxylic acids is 4. The van der Waals surface area contributed by atoms with Gasteiger partial charge in [0.2, 0.25) is 0 Å². The minimum absolute atomic E-state index is 0.0328. The van der Waals surface area contributed by atoms with Crippen LogP contribution in [0.25, 0.3) is 0 Å². The molecule has 0 amide bonds. The minimum Gasteiger partial charge on any atom is -0.489 e. The van der Waals surface area contributed by atoms with Gasteiger partial charge in [-0.3, -0.25) is 19.2 Å². The Morgan fingerprint density at radius 3 is 1.22 bits per heavy atom. The van der Waals surface area contributed by atoms with E-state index in [2.05, 4.69) is 24.3 Å². The van der Waals surface area contributed by atoms with Crippen molar-refractivity contribution in [2.24, 2.45) is 11.8 Å². The number of rotatable bonds is 12. The zero-order chi connectivity index (χ0) is 37.9. The zero-order valence-corrected chi connectivity index (χ0v) is 32.1. The number of benzene rings is 4. The number of carbonyl (C=O) groups is 4. The van der Waals surface area contributed by atoms with E-state index < -0.39 is 0 Å². The number of hydrogen-bond acceptors (Lipinski definition) is 6. The van der Waals surface area contributed by atoms with E-state index in [9.17, 15) is 19.2 Å². The summed E-state index contributed by atoms with van der Waals surface area (Å²) in [5, 5.41) is 0. The molecule has 0 aromatic heterocycles. The van der Waals surface area contributed by atoms with Crippen LogP contribution in [0, 0.1) is 11.8 Å². The van der Waals surface area contributed by atoms with Gasteiger partial charge in [-0.15, -0.1) is 0 Å². The predicted octanol–water partition coefficient (Wildman–Crippen LogP) is 11.1. The summed E-state index contributed by atoms with van der Waals surface area (Å²) in [7, 11) is 0. The molecule has 6 nitrogen and oxygen atoms in total. The third kappa shape index (κ3) is 7.58. The van der Waals surface area contributed by atoms with Crippen LogP contribution in [-0.2, 0) is 0 Å². The second-order valence-electron chi connectivity index (χ2n) is 15.7. The zero-order valence-electron chi connectivity index (χ0n) is 32.1. The van der Waals surface area contributed by atoms with E-state index in [0.29, 0.717) is 71.3 Å². The highest BCUT2D eigenvalue weighted by atomic mass is 16.5. The molecule has 2 aliphatic heterocycles. The fourth-order valence-electron chi connectivity index (χ4n) is 8.53. The van der Waals surface area contributed by atoms with Crippen LogP contribution in [0.2, 0.25) is 0 Å². The first-order valence-electron chi connectivity index (χ1n) is 20.1. The van der Waals surface area contributed by atoms with Crippen molar-refractivity contribution < 1.29 is 28.7 Å². The highest BCUT2D eigenvalue weighted by Crippen LogP contribution is 2.47. The Bertz CT molecular complexity index is 1880. The van der Waals surface area contributed by atoms with Crippen LogP contribution in [-0.4, -0.2) is 35.3 Å². The molecule has 2 saturated carbocycles. The molecule has 2 aliphatic carbocycles. The Morgan fingerprint density at radius 1 is 0.537 bits per heavy atom. The van der Waals surface area contributed by atoms with Gasteiger partial charge in [0.15, 0.2) is 23.1 Å². The van der Waals surface area contributed by atoms with Crippen molar-refractivity contribution in [1.29, 1.82) is 0 Å². The Kier molecular flexibility index (Phi) is 11.3. The molecule has 4 aromatic carbocycles. The van der Waals surface area contributed by atoms with E-state index in [1.807, 2.05) is 76.2 Å². The summed E-state index contributed by atoms with van der Waals surface area (Å²) in [5.74, 6) is 2.82. The van der Waals surface area contributed by atoms with Crippen LogP contribution in [0.15, 0.2) is 84.9 Å². The second kappa shape index (κ2) is 16.3. The molecule has 54 heavy (non-hydrogen) atoms. The Labute approximate surface area is 319 Å². The molecule has 4 aromatic rings. The van der Waals surface area contributed by atoms with Crippen molar-refractivity contribution >= 4 is 23.1 Å². The van der Waals surface area contributed by atoms with Gasteiger partial charge in [0.1, 0.15) is 23.7 Å². The van der Waals surface area contributed by atoms with Gasteiger partial charge in [-0.05, 0) is 61.1 Å². The summed E-state index contributed by atoms with van der Waals surface area (Å²) in [4.78, 5) is 51.0. The molecular weight excluding hydrogens is 673 g/mol. The summed E-state index contributed by atoms with van der Waals surface area (Å²) >= 11 is 0. The number of hydrogen-bond donors (Lipinski definition) is 0. The van der Waals surface area contributed by atoms with Crippen LogP contribution >= 0.6 is 0 Å². The van der Waals surface area contributed by atoms with E-state index in [-0.39, 0.29) is 47.2 Å². The molecule has 4 atom stereocenters. The topological polar surface area (TPSA) is 86.7 Å². The molecule has 0 spiro atoms. The first-order chi connectivity index (χ1) is 26.2. The Hall–Kier alpha value is -4.84. The molecule has 0 bridgehead atoms. The third-order valence-electron chi connectivity index (χ3n) is 12.1. The van der Waals surface area contributed by atoms with Crippen molar-refractivity contribution in [1.82, 2.24) is 0 Å². The number of ketones is 4. The summed E-state index contributed by atoms with van der Waals surface area (Å²) in [6, 6.07) is 27.9. The normalized spacial score (nSPS) is 21.3. The van der Waals surface area contributed by atoms with Crippen molar-refractivity contribution in [2.45, 2.75) is 116 Å². The molecule has 280 valence electrons. The number of fused-ring (bicyclic) bond motifs is 2. The highest BCUT2D eigenvalue weighted by Gasteiger charge is 2.38. The van der Waals surface area contributed by atoms with Gasteiger partial charge in [0.05, 0.1) is 11.1 Å². The van der Waals surface area contributed by atoms with E-state index in [1.165, 1.54) is 12.8 Å². The molecule has 4 aliphatic rings. The maximum atomic E-state index is 12.9. The van der Waals surface area contributed by atoms with E-state index in [0.717, 1.165) is 47.9 Å². The van der Waals surface area contributed by atoms with Crippen molar-refractivity contribution in [2.75, 3.05) is 0 Å². The second-order valence-corrected chi connectivity index (χ2v) is 15.7. The predicted molar refractivity (Wildman–Crippen MR) is 211 cm³/mol. The van der Waals surface area contributed by atoms with Crippen molar-refractivity contribution in [3.05, 3.63) is 129 Å². The maximum Gasteiger partial charge on any atom is 0.166 e. The molecule has 2 heterocycles. The summed E-state index contributed by atoms with van der Waals surface area (Å²) in [6.45, 7) is 7.77. The lowest BCUT2D eigenvalue weighted by Crippen LogP contribution is -2.16. The molecular formula is C48H52O6. The molecule has 2 fully saturated rings. The first-order valence-corrected chi connectivity index (χ1v) is 20.1. The largest absolute Gasteiger partial charge is 0.489 e.